The van der Waals surface area contributed by atoms with Crippen molar-refractivity contribution in [2.75, 3.05) is 18.0 Å². The Balaban J connectivity index is 2.15. The molecule has 1 aliphatic heterocycles. The lowest BCUT2D eigenvalue weighted by Gasteiger charge is -2.28. The number of aryl methyl sites for hydroxylation is 1. The third kappa shape index (κ3) is 2.53. The van der Waals surface area contributed by atoms with Crippen LogP contribution < -0.4 is 10.2 Å². The lowest BCUT2D eigenvalue weighted by molar-refractivity contribution is -0.137. The van der Waals surface area contributed by atoms with Crippen molar-refractivity contribution in [3.63, 3.8) is 0 Å². The predicted octanol–water partition coefficient (Wildman–Crippen LogP) is 1.49. The van der Waals surface area contributed by atoms with Gasteiger partial charge in [0.15, 0.2) is 0 Å². The van der Waals surface area contributed by atoms with Gasteiger partial charge in [0.25, 0.3) is 0 Å². The minimum Gasteiger partial charge on any atom is -0.348 e. The molecule has 4 heteroatoms. The van der Waals surface area contributed by atoms with Crippen LogP contribution >= 0.6 is 0 Å². The highest BCUT2D eigenvalue weighted by Crippen LogP contribution is 2.26. The fourth-order valence-electron chi connectivity index (χ4n) is 2.18. The van der Waals surface area contributed by atoms with E-state index < -0.39 is 11.8 Å². The summed E-state index contributed by atoms with van der Waals surface area (Å²) in [6, 6.07) is 7.77. The van der Waals surface area contributed by atoms with E-state index in [1.54, 1.807) is 4.90 Å². The Hall–Kier alpha value is -1.84. The van der Waals surface area contributed by atoms with Crippen molar-refractivity contribution in [3.8, 4) is 0 Å². The van der Waals surface area contributed by atoms with E-state index in [0.29, 0.717) is 13.1 Å². The van der Waals surface area contributed by atoms with Crippen LogP contribution in [0.3, 0.4) is 0 Å². The van der Waals surface area contributed by atoms with Gasteiger partial charge in [0.2, 0.25) is 0 Å². The zero-order valence-electron chi connectivity index (χ0n) is 10.6. The number of nitrogens with one attached hydrogen (secondary N) is 1. The van der Waals surface area contributed by atoms with Crippen molar-refractivity contribution < 1.29 is 9.59 Å². The third-order valence-electron chi connectivity index (χ3n) is 3.09. The van der Waals surface area contributed by atoms with E-state index in [9.17, 15) is 9.59 Å². The maximum Gasteiger partial charge on any atom is 0.316 e. The van der Waals surface area contributed by atoms with Gasteiger partial charge in [-0.25, -0.2) is 0 Å². The first-order chi connectivity index (χ1) is 8.74. The van der Waals surface area contributed by atoms with E-state index >= 15 is 0 Å². The Labute approximate surface area is 107 Å². The second-order valence-corrected chi connectivity index (χ2v) is 4.44. The van der Waals surface area contributed by atoms with Crippen molar-refractivity contribution in [1.82, 2.24) is 5.32 Å². The highest BCUT2D eigenvalue weighted by atomic mass is 16.2. The number of nitrogens with zero attached hydrogens (tertiary/aromatic N) is 1. The molecule has 0 atom stereocenters. The van der Waals surface area contributed by atoms with Crippen LogP contribution in [0.5, 0.6) is 0 Å². The molecular weight excluding hydrogens is 228 g/mol. The number of rotatable bonds is 2. The summed E-state index contributed by atoms with van der Waals surface area (Å²) in [6.45, 7) is 3.12. The molecule has 0 fully saturated rings. The average Bonchev–Trinajstić information content (AvgIpc) is 2.43. The molecule has 18 heavy (non-hydrogen) atoms. The minimum absolute atomic E-state index is 0.449. The maximum atomic E-state index is 12.1. The molecular formula is C14H18N2O2. The van der Waals surface area contributed by atoms with Gasteiger partial charge in [-0.05, 0) is 30.9 Å². The average molecular weight is 246 g/mol. The Morgan fingerprint density at radius 2 is 2.11 bits per heavy atom. The van der Waals surface area contributed by atoms with Gasteiger partial charge in [0.05, 0.1) is 0 Å². The summed E-state index contributed by atoms with van der Waals surface area (Å²) >= 11 is 0. The molecule has 0 bridgehead atoms. The summed E-state index contributed by atoms with van der Waals surface area (Å²) < 4.78 is 0. The van der Waals surface area contributed by atoms with E-state index in [1.807, 2.05) is 31.2 Å². The molecule has 1 heterocycles. The van der Waals surface area contributed by atoms with Gasteiger partial charge in [-0.3, -0.25) is 9.59 Å². The highest BCUT2D eigenvalue weighted by molar-refractivity contribution is 6.40. The Morgan fingerprint density at radius 1 is 1.33 bits per heavy atom. The number of fused-ring (bicyclic) bond motifs is 1. The van der Waals surface area contributed by atoms with Crippen molar-refractivity contribution in [2.45, 2.75) is 26.2 Å². The molecule has 0 aromatic heterocycles. The molecule has 1 N–H and O–H groups in total. The van der Waals surface area contributed by atoms with Crippen LogP contribution in [0.25, 0.3) is 0 Å². The second kappa shape index (κ2) is 5.67. The molecule has 0 unspecified atom stereocenters. The number of hydrogen-bond donors (Lipinski definition) is 1. The molecule has 0 saturated carbocycles. The van der Waals surface area contributed by atoms with Gasteiger partial charge in [0.1, 0.15) is 0 Å². The van der Waals surface area contributed by atoms with Crippen LogP contribution in [-0.4, -0.2) is 24.9 Å². The summed E-state index contributed by atoms with van der Waals surface area (Å²) in [4.78, 5) is 25.4. The summed E-state index contributed by atoms with van der Waals surface area (Å²) in [7, 11) is 0. The van der Waals surface area contributed by atoms with E-state index in [1.165, 1.54) is 0 Å². The molecule has 96 valence electrons. The van der Waals surface area contributed by atoms with Crippen LogP contribution in [0.15, 0.2) is 24.3 Å². The Kier molecular flexibility index (Phi) is 3.97. The molecule has 1 aromatic rings. The van der Waals surface area contributed by atoms with Gasteiger partial charge < -0.3 is 10.2 Å². The van der Waals surface area contributed by atoms with Crippen molar-refractivity contribution >= 4 is 17.5 Å². The van der Waals surface area contributed by atoms with Crippen LogP contribution in [0.4, 0.5) is 5.69 Å². The van der Waals surface area contributed by atoms with Crippen LogP contribution in [0.1, 0.15) is 25.3 Å². The quantitative estimate of drug-likeness (QED) is 0.804. The number of amides is 2. The third-order valence-corrected chi connectivity index (χ3v) is 3.09. The minimum atomic E-state index is -0.506. The number of benzene rings is 1. The van der Waals surface area contributed by atoms with Gasteiger partial charge >= 0.3 is 11.8 Å². The van der Waals surface area contributed by atoms with Crippen LogP contribution in [-0.2, 0) is 16.0 Å². The SMILES string of the molecule is CCCNC(=O)C(=O)N1CCCc2ccccc21. The number of hydrogen-bond acceptors (Lipinski definition) is 2. The molecule has 2 rings (SSSR count). The summed E-state index contributed by atoms with van der Waals surface area (Å²) in [6.07, 6.45) is 2.70. The van der Waals surface area contributed by atoms with E-state index in [-0.39, 0.29) is 0 Å². The maximum absolute atomic E-state index is 12.1. The fraction of sp³-hybridized carbons (Fsp3) is 0.429. The number of carbonyl (C=O) groups excluding carboxylic acids is 2. The molecule has 1 aromatic carbocycles. The number of carbonyl (C=O) groups is 2. The van der Waals surface area contributed by atoms with E-state index in [0.717, 1.165) is 30.5 Å². The lowest BCUT2D eigenvalue weighted by Crippen LogP contribution is -2.45. The Bertz CT molecular complexity index is 457. The zero-order valence-corrected chi connectivity index (χ0v) is 10.6. The highest BCUT2D eigenvalue weighted by Gasteiger charge is 2.26. The summed E-state index contributed by atoms with van der Waals surface area (Å²) in [5.41, 5.74) is 2.01. The molecule has 0 radical (unpaired) electrons. The zero-order chi connectivity index (χ0) is 13.0. The first-order valence-corrected chi connectivity index (χ1v) is 6.41. The molecule has 4 nitrogen and oxygen atoms in total. The van der Waals surface area contributed by atoms with Crippen LogP contribution in [0.2, 0.25) is 0 Å². The topological polar surface area (TPSA) is 49.4 Å². The lowest BCUT2D eigenvalue weighted by atomic mass is 10.0. The smallest absolute Gasteiger partial charge is 0.316 e. The molecule has 1 aliphatic rings. The van der Waals surface area contributed by atoms with Crippen LogP contribution in [0, 0.1) is 0 Å². The molecule has 0 saturated heterocycles. The monoisotopic (exact) mass is 246 g/mol. The van der Waals surface area contributed by atoms with Crippen molar-refractivity contribution in [3.05, 3.63) is 29.8 Å². The van der Waals surface area contributed by atoms with Crippen molar-refractivity contribution in [2.24, 2.45) is 0 Å². The van der Waals surface area contributed by atoms with Crippen molar-refractivity contribution in [1.29, 1.82) is 0 Å². The predicted molar refractivity (Wildman–Crippen MR) is 70.4 cm³/mol. The molecule has 2 amide bonds. The Morgan fingerprint density at radius 3 is 2.89 bits per heavy atom. The van der Waals surface area contributed by atoms with Gasteiger partial charge in [-0.2, -0.15) is 0 Å². The first-order valence-electron chi connectivity index (χ1n) is 6.41. The summed E-state index contributed by atoms with van der Waals surface area (Å²) in [5.74, 6) is -0.954. The van der Waals surface area contributed by atoms with E-state index in [2.05, 4.69) is 5.32 Å². The largest absolute Gasteiger partial charge is 0.348 e. The second-order valence-electron chi connectivity index (χ2n) is 4.44. The van der Waals surface area contributed by atoms with E-state index in [4.69, 9.17) is 0 Å². The summed E-state index contributed by atoms with van der Waals surface area (Å²) in [5, 5.41) is 2.63. The number of anilines is 1. The standard InChI is InChI=1S/C14H18N2O2/c1-2-9-15-13(17)14(18)16-10-5-7-11-6-3-4-8-12(11)16/h3-4,6,8H,2,5,7,9-10H2,1H3,(H,15,17). The first kappa shape index (κ1) is 12.6. The fourth-order valence-corrected chi connectivity index (χ4v) is 2.18. The normalized spacial score (nSPS) is 13.9. The van der Waals surface area contributed by atoms with Gasteiger partial charge in [0, 0.05) is 18.8 Å². The number of para-hydroxylation sites is 1. The molecule has 0 aliphatic carbocycles. The van der Waals surface area contributed by atoms with Gasteiger partial charge in [-0.1, -0.05) is 25.1 Å². The van der Waals surface area contributed by atoms with Gasteiger partial charge in [-0.15, -0.1) is 0 Å². The molecule has 0 spiro atoms.